The highest BCUT2D eigenvalue weighted by molar-refractivity contribution is 5.45. The predicted molar refractivity (Wildman–Crippen MR) is 84.2 cm³/mol. The summed E-state index contributed by atoms with van der Waals surface area (Å²) in [6.07, 6.45) is 1.04. The van der Waals surface area contributed by atoms with Crippen LogP contribution in [-0.2, 0) is 6.42 Å². The van der Waals surface area contributed by atoms with Crippen LogP contribution in [0.25, 0.3) is 0 Å². The van der Waals surface area contributed by atoms with Crippen molar-refractivity contribution >= 4 is 0 Å². The Balaban J connectivity index is 1.96. The molecule has 21 heavy (non-hydrogen) atoms. The van der Waals surface area contributed by atoms with Crippen molar-refractivity contribution in [3.8, 4) is 11.5 Å². The van der Waals surface area contributed by atoms with Crippen molar-refractivity contribution < 1.29 is 9.47 Å². The highest BCUT2D eigenvalue weighted by Crippen LogP contribution is 2.32. The van der Waals surface area contributed by atoms with Gasteiger partial charge in [-0.05, 0) is 54.3 Å². The second-order valence-corrected chi connectivity index (χ2v) is 5.21. The van der Waals surface area contributed by atoms with Crippen LogP contribution in [0, 0.1) is 0 Å². The second-order valence-electron chi connectivity index (χ2n) is 5.21. The first-order chi connectivity index (χ1) is 10.3. The summed E-state index contributed by atoms with van der Waals surface area (Å²) in [5.41, 5.74) is 3.93. The molecule has 1 heterocycles. The van der Waals surface area contributed by atoms with Gasteiger partial charge in [0.2, 0.25) is 0 Å². The summed E-state index contributed by atoms with van der Waals surface area (Å²) in [6, 6.07) is 14.9. The van der Waals surface area contributed by atoms with E-state index in [1.54, 1.807) is 7.11 Å². The number of rotatable bonds is 4. The number of hydrogen-bond acceptors (Lipinski definition) is 3. The fourth-order valence-electron chi connectivity index (χ4n) is 2.92. The zero-order valence-corrected chi connectivity index (χ0v) is 12.6. The third kappa shape index (κ3) is 2.88. The standard InChI is InChI=1S/C18H21NO2/c1-3-21-16-6-4-5-14(12-16)18-17-8-7-15(20-2)11-13(17)9-10-19-18/h4-8,11-12,18-19H,3,9-10H2,1-2H3. The molecule has 3 rings (SSSR count). The molecule has 1 atom stereocenters. The highest BCUT2D eigenvalue weighted by atomic mass is 16.5. The van der Waals surface area contributed by atoms with Gasteiger partial charge in [-0.2, -0.15) is 0 Å². The molecular weight excluding hydrogens is 262 g/mol. The van der Waals surface area contributed by atoms with Crippen LogP contribution in [0.1, 0.15) is 29.7 Å². The van der Waals surface area contributed by atoms with E-state index < -0.39 is 0 Å². The summed E-state index contributed by atoms with van der Waals surface area (Å²) in [7, 11) is 1.71. The van der Waals surface area contributed by atoms with E-state index in [4.69, 9.17) is 9.47 Å². The molecule has 0 aromatic heterocycles. The molecule has 0 bridgehead atoms. The van der Waals surface area contributed by atoms with Gasteiger partial charge in [0.1, 0.15) is 11.5 Å². The molecule has 0 radical (unpaired) electrons. The van der Waals surface area contributed by atoms with Gasteiger partial charge in [-0.25, -0.2) is 0 Å². The Labute approximate surface area is 125 Å². The summed E-state index contributed by atoms with van der Waals surface area (Å²) in [6.45, 7) is 3.67. The zero-order valence-electron chi connectivity index (χ0n) is 12.6. The Bertz CT molecular complexity index is 624. The van der Waals surface area contributed by atoms with E-state index in [0.29, 0.717) is 6.61 Å². The molecule has 3 nitrogen and oxygen atoms in total. The molecule has 0 fully saturated rings. The molecule has 2 aromatic carbocycles. The quantitative estimate of drug-likeness (QED) is 0.933. The van der Waals surface area contributed by atoms with E-state index >= 15 is 0 Å². The van der Waals surface area contributed by atoms with E-state index in [0.717, 1.165) is 24.5 Å². The molecule has 3 heteroatoms. The summed E-state index contributed by atoms with van der Waals surface area (Å²) in [5.74, 6) is 1.86. The van der Waals surface area contributed by atoms with Crippen molar-refractivity contribution in [2.75, 3.05) is 20.3 Å². The maximum absolute atomic E-state index is 5.61. The Kier molecular flexibility index (Phi) is 4.11. The number of nitrogens with one attached hydrogen (secondary N) is 1. The monoisotopic (exact) mass is 283 g/mol. The fraction of sp³-hybridized carbons (Fsp3) is 0.333. The van der Waals surface area contributed by atoms with E-state index in [2.05, 4.69) is 35.6 Å². The van der Waals surface area contributed by atoms with Crippen LogP contribution in [0.5, 0.6) is 11.5 Å². The van der Waals surface area contributed by atoms with E-state index in [1.165, 1.54) is 16.7 Å². The minimum atomic E-state index is 0.222. The molecule has 0 saturated heterocycles. The van der Waals surface area contributed by atoms with Gasteiger partial charge in [0.25, 0.3) is 0 Å². The van der Waals surface area contributed by atoms with Crippen LogP contribution >= 0.6 is 0 Å². The minimum Gasteiger partial charge on any atom is -0.497 e. The summed E-state index contributed by atoms with van der Waals surface area (Å²) < 4.78 is 10.9. The number of ether oxygens (including phenoxy) is 2. The molecule has 1 N–H and O–H groups in total. The van der Waals surface area contributed by atoms with Crippen LogP contribution in [0.3, 0.4) is 0 Å². The maximum Gasteiger partial charge on any atom is 0.119 e. The number of hydrogen-bond donors (Lipinski definition) is 1. The minimum absolute atomic E-state index is 0.222. The molecule has 0 amide bonds. The SMILES string of the molecule is CCOc1cccc(C2NCCc3cc(OC)ccc32)c1. The highest BCUT2D eigenvalue weighted by Gasteiger charge is 2.21. The normalized spacial score (nSPS) is 17.1. The van der Waals surface area contributed by atoms with Gasteiger partial charge in [-0.15, -0.1) is 0 Å². The van der Waals surface area contributed by atoms with Gasteiger partial charge in [0.05, 0.1) is 19.8 Å². The van der Waals surface area contributed by atoms with Crippen LogP contribution in [0.2, 0.25) is 0 Å². The van der Waals surface area contributed by atoms with Gasteiger partial charge < -0.3 is 14.8 Å². The number of benzene rings is 2. The fourth-order valence-corrected chi connectivity index (χ4v) is 2.92. The van der Waals surface area contributed by atoms with E-state index in [1.807, 2.05) is 19.1 Å². The van der Waals surface area contributed by atoms with Gasteiger partial charge >= 0.3 is 0 Å². The lowest BCUT2D eigenvalue weighted by atomic mass is 9.89. The lowest BCUT2D eigenvalue weighted by Crippen LogP contribution is -2.30. The molecule has 1 unspecified atom stereocenters. The van der Waals surface area contributed by atoms with E-state index in [9.17, 15) is 0 Å². The van der Waals surface area contributed by atoms with Crippen LogP contribution in [0.15, 0.2) is 42.5 Å². The van der Waals surface area contributed by atoms with Crippen molar-refractivity contribution in [3.63, 3.8) is 0 Å². The Morgan fingerprint density at radius 1 is 1.14 bits per heavy atom. The molecular formula is C18H21NO2. The first kappa shape index (κ1) is 14.0. The van der Waals surface area contributed by atoms with Crippen molar-refractivity contribution in [1.82, 2.24) is 5.32 Å². The summed E-state index contributed by atoms with van der Waals surface area (Å²) in [5, 5.41) is 3.60. The van der Waals surface area contributed by atoms with Crippen LogP contribution < -0.4 is 14.8 Å². The molecule has 1 aliphatic rings. The largest absolute Gasteiger partial charge is 0.497 e. The smallest absolute Gasteiger partial charge is 0.119 e. The van der Waals surface area contributed by atoms with Crippen molar-refractivity contribution in [2.24, 2.45) is 0 Å². The summed E-state index contributed by atoms with van der Waals surface area (Å²) >= 11 is 0. The lowest BCUT2D eigenvalue weighted by molar-refractivity contribution is 0.339. The van der Waals surface area contributed by atoms with Crippen LogP contribution in [-0.4, -0.2) is 20.3 Å². The molecule has 110 valence electrons. The van der Waals surface area contributed by atoms with E-state index in [-0.39, 0.29) is 6.04 Å². The average Bonchev–Trinajstić information content (AvgIpc) is 2.54. The maximum atomic E-state index is 5.61. The van der Waals surface area contributed by atoms with Crippen molar-refractivity contribution in [3.05, 3.63) is 59.2 Å². The van der Waals surface area contributed by atoms with Gasteiger partial charge in [-0.1, -0.05) is 18.2 Å². The second kappa shape index (κ2) is 6.19. The Hall–Kier alpha value is -2.00. The lowest BCUT2D eigenvalue weighted by Gasteiger charge is -2.28. The molecule has 0 aliphatic carbocycles. The topological polar surface area (TPSA) is 30.5 Å². The molecule has 0 spiro atoms. The first-order valence-corrected chi connectivity index (χ1v) is 7.44. The average molecular weight is 283 g/mol. The van der Waals surface area contributed by atoms with Crippen LogP contribution in [0.4, 0.5) is 0 Å². The molecule has 1 aliphatic heterocycles. The third-order valence-electron chi connectivity index (χ3n) is 3.91. The molecule has 0 saturated carbocycles. The third-order valence-corrected chi connectivity index (χ3v) is 3.91. The Morgan fingerprint density at radius 2 is 2.05 bits per heavy atom. The predicted octanol–water partition coefficient (Wildman–Crippen LogP) is 3.33. The molecule has 2 aromatic rings. The van der Waals surface area contributed by atoms with Gasteiger partial charge in [0, 0.05) is 6.54 Å². The number of fused-ring (bicyclic) bond motifs is 1. The van der Waals surface area contributed by atoms with Gasteiger partial charge in [0.15, 0.2) is 0 Å². The first-order valence-electron chi connectivity index (χ1n) is 7.44. The number of methoxy groups -OCH3 is 1. The Morgan fingerprint density at radius 3 is 2.86 bits per heavy atom. The van der Waals surface area contributed by atoms with Crippen molar-refractivity contribution in [1.29, 1.82) is 0 Å². The zero-order chi connectivity index (χ0) is 14.7. The summed E-state index contributed by atoms with van der Waals surface area (Å²) in [4.78, 5) is 0. The van der Waals surface area contributed by atoms with Gasteiger partial charge in [-0.3, -0.25) is 0 Å². The van der Waals surface area contributed by atoms with Crippen molar-refractivity contribution in [2.45, 2.75) is 19.4 Å².